The predicted octanol–water partition coefficient (Wildman–Crippen LogP) is 5.76. The minimum Gasteiger partial charge on any atom is -0.396 e. The van der Waals surface area contributed by atoms with Crippen LogP contribution >= 0.6 is 11.3 Å². The summed E-state index contributed by atoms with van der Waals surface area (Å²) in [6.07, 6.45) is 5.84. The monoisotopic (exact) mass is 921 g/mol. The van der Waals surface area contributed by atoms with Crippen LogP contribution in [-0.4, -0.2) is 179 Å². The zero-order chi connectivity index (χ0) is 45.4. The van der Waals surface area contributed by atoms with E-state index < -0.39 is 0 Å². The molecule has 3 aromatic rings. The Bertz CT molecular complexity index is 1310. The van der Waals surface area contributed by atoms with Crippen LogP contribution in [0.4, 0.5) is 11.4 Å². The largest absolute Gasteiger partial charge is 0.396 e. The van der Waals surface area contributed by atoms with Crippen molar-refractivity contribution in [2.24, 2.45) is 0 Å². The molecule has 1 heterocycles. The highest BCUT2D eigenvalue weighted by molar-refractivity contribution is 7.10. The number of nitrogens with zero attached hydrogens (tertiary/aromatic N) is 2. The van der Waals surface area contributed by atoms with Crippen molar-refractivity contribution in [2.75, 3.05) is 168 Å². The van der Waals surface area contributed by atoms with Crippen LogP contribution < -0.4 is 9.80 Å². The minimum atomic E-state index is 0.0710. The summed E-state index contributed by atoms with van der Waals surface area (Å²) in [5, 5.41) is 38.0. The summed E-state index contributed by atoms with van der Waals surface area (Å²) in [6, 6.07) is 22.1. The van der Waals surface area contributed by atoms with E-state index in [0.29, 0.717) is 131 Å². The Morgan fingerprint density at radius 3 is 0.906 bits per heavy atom. The quantitative estimate of drug-likeness (QED) is 0.0507. The topological polar surface area (TPSA) is 161 Å². The van der Waals surface area contributed by atoms with Gasteiger partial charge in [0, 0.05) is 154 Å². The lowest BCUT2D eigenvalue weighted by Crippen LogP contribution is -2.31. The van der Waals surface area contributed by atoms with Gasteiger partial charge in [-0.15, -0.1) is 11.3 Å². The van der Waals surface area contributed by atoms with Gasteiger partial charge in [0.05, 0.1) is 26.4 Å². The Labute approximate surface area is 387 Å². The van der Waals surface area contributed by atoms with E-state index in [9.17, 15) is 0 Å². The van der Waals surface area contributed by atoms with Gasteiger partial charge in [-0.25, -0.2) is 0 Å². The second-order valence-electron chi connectivity index (χ2n) is 15.2. The first kappa shape index (κ1) is 55.6. The smallest absolute Gasteiger partial charge is 0.0641 e. The molecule has 0 aliphatic heterocycles. The number of ether oxygens (including phenoxy) is 8. The van der Waals surface area contributed by atoms with Crippen LogP contribution in [0.25, 0.3) is 0 Å². The van der Waals surface area contributed by atoms with Crippen molar-refractivity contribution in [2.45, 2.75) is 57.3 Å². The van der Waals surface area contributed by atoms with Gasteiger partial charge in [-0.2, -0.15) is 0 Å². The second-order valence-corrected chi connectivity index (χ2v) is 16.2. The molecule has 14 nitrogen and oxygen atoms in total. The Balaban J connectivity index is 1.66. The third-order valence-corrected chi connectivity index (χ3v) is 11.1. The van der Waals surface area contributed by atoms with Crippen molar-refractivity contribution in [3.63, 3.8) is 0 Å². The standard InChI is InChI=1S/C49H80N2O12S/c52-23-2-27-56-31-6-35-60-39-19-50(20-40-61-36-7-32-57-28-3-24-53)46-15-11-44(12-16-46)49(48-10-1-43-64-48)45-13-17-47(18-14-45)51(21-41-62-37-8-33-58-29-4-25-54)22-42-63-38-9-34-59-30-5-26-55/h1,10-18,43,49,52-55H,2-9,19-42H2. The van der Waals surface area contributed by atoms with Gasteiger partial charge in [-0.05, 0) is 98.2 Å². The molecule has 0 saturated heterocycles. The molecule has 2 aromatic carbocycles. The summed E-state index contributed by atoms with van der Waals surface area (Å²) >= 11 is 1.77. The van der Waals surface area contributed by atoms with E-state index in [-0.39, 0.29) is 32.3 Å². The SMILES string of the molecule is OCCCOCCCOCCN(CCOCCCOCCCO)c1ccc(C(c2ccc(N(CCOCCCOCCCO)CCOCCCOCCCO)cc2)c2cccs2)cc1. The zero-order valence-electron chi connectivity index (χ0n) is 38.4. The van der Waals surface area contributed by atoms with Crippen LogP contribution in [0.3, 0.4) is 0 Å². The number of aliphatic hydroxyl groups excluding tert-OH is 4. The molecule has 64 heavy (non-hydrogen) atoms. The Hall–Kier alpha value is -2.74. The maximum atomic E-state index is 8.96. The summed E-state index contributed by atoms with van der Waals surface area (Å²) in [7, 11) is 0. The molecule has 0 atom stereocenters. The van der Waals surface area contributed by atoms with Crippen LogP contribution in [0, 0.1) is 0 Å². The second kappa shape index (κ2) is 39.4. The van der Waals surface area contributed by atoms with Crippen LogP contribution in [-0.2, 0) is 37.9 Å². The fourth-order valence-electron chi connectivity index (χ4n) is 6.71. The van der Waals surface area contributed by atoms with Crippen molar-refractivity contribution < 1.29 is 58.3 Å². The number of thiophene rings is 1. The average Bonchev–Trinajstić information content (AvgIpc) is 3.86. The summed E-state index contributed by atoms with van der Waals surface area (Å²) in [4.78, 5) is 5.91. The summed E-state index contributed by atoms with van der Waals surface area (Å²) in [5.41, 5.74) is 4.65. The molecule has 1 aromatic heterocycles. The molecule has 3 rings (SSSR count). The number of anilines is 2. The predicted molar refractivity (Wildman–Crippen MR) is 254 cm³/mol. The highest BCUT2D eigenvalue weighted by Gasteiger charge is 2.19. The first-order valence-electron chi connectivity index (χ1n) is 23.5. The van der Waals surface area contributed by atoms with E-state index in [4.69, 9.17) is 58.3 Å². The van der Waals surface area contributed by atoms with Gasteiger partial charge in [0.1, 0.15) is 0 Å². The fourth-order valence-corrected chi connectivity index (χ4v) is 7.59. The maximum Gasteiger partial charge on any atom is 0.0641 e. The third kappa shape index (κ3) is 25.8. The van der Waals surface area contributed by atoms with E-state index in [1.165, 1.54) is 16.0 Å². The van der Waals surface area contributed by atoms with Crippen molar-refractivity contribution in [3.8, 4) is 0 Å². The first-order chi connectivity index (χ1) is 31.7. The highest BCUT2D eigenvalue weighted by atomic mass is 32.1. The number of benzene rings is 2. The molecule has 0 fully saturated rings. The van der Waals surface area contributed by atoms with Crippen LogP contribution in [0.5, 0.6) is 0 Å². The molecule has 364 valence electrons. The Morgan fingerprint density at radius 2 is 0.641 bits per heavy atom. The van der Waals surface area contributed by atoms with Crippen LogP contribution in [0.1, 0.15) is 73.3 Å². The number of aliphatic hydroxyl groups is 4. The van der Waals surface area contributed by atoms with Crippen LogP contribution in [0.2, 0.25) is 0 Å². The van der Waals surface area contributed by atoms with Gasteiger partial charge in [0.15, 0.2) is 0 Å². The maximum absolute atomic E-state index is 8.96. The van der Waals surface area contributed by atoms with Crippen LogP contribution in [0.15, 0.2) is 66.0 Å². The summed E-state index contributed by atoms with van der Waals surface area (Å²) in [5.74, 6) is 0.0710. The van der Waals surface area contributed by atoms with Crippen molar-refractivity contribution in [3.05, 3.63) is 82.0 Å². The average molecular weight is 921 g/mol. The molecular weight excluding hydrogens is 841 g/mol. The first-order valence-corrected chi connectivity index (χ1v) is 24.4. The zero-order valence-corrected chi connectivity index (χ0v) is 39.2. The van der Waals surface area contributed by atoms with Crippen molar-refractivity contribution in [1.29, 1.82) is 0 Å². The molecule has 0 aliphatic carbocycles. The number of hydrogen-bond acceptors (Lipinski definition) is 15. The Kier molecular flexibility index (Phi) is 34.2. The van der Waals surface area contributed by atoms with Gasteiger partial charge >= 0.3 is 0 Å². The van der Waals surface area contributed by atoms with E-state index >= 15 is 0 Å². The molecule has 15 heteroatoms. The molecule has 0 bridgehead atoms. The minimum absolute atomic E-state index is 0.0710. The van der Waals surface area contributed by atoms with E-state index in [1.807, 2.05) is 0 Å². The van der Waals surface area contributed by atoms with Crippen molar-refractivity contribution in [1.82, 2.24) is 0 Å². The molecule has 0 unspecified atom stereocenters. The summed E-state index contributed by atoms with van der Waals surface area (Å²) in [6.45, 7) is 13.0. The number of hydrogen-bond donors (Lipinski definition) is 4. The van der Waals surface area contributed by atoms with Gasteiger partial charge in [0.2, 0.25) is 0 Å². The van der Waals surface area contributed by atoms with Crippen molar-refractivity contribution >= 4 is 22.7 Å². The highest BCUT2D eigenvalue weighted by Crippen LogP contribution is 2.36. The molecule has 0 radical (unpaired) electrons. The molecule has 0 spiro atoms. The molecular formula is C49H80N2O12S. The molecule has 0 aliphatic rings. The van der Waals surface area contributed by atoms with Gasteiger partial charge < -0.3 is 68.1 Å². The lowest BCUT2D eigenvalue weighted by molar-refractivity contribution is 0.0740. The fraction of sp³-hybridized carbons (Fsp3) is 0.673. The van der Waals surface area contributed by atoms with Gasteiger partial charge in [-0.3, -0.25) is 0 Å². The normalized spacial score (nSPS) is 11.6. The Morgan fingerprint density at radius 1 is 0.359 bits per heavy atom. The van der Waals surface area contributed by atoms with Gasteiger partial charge in [0.25, 0.3) is 0 Å². The van der Waals surface area contributed by atoms with E-state index in [1.54, 1.807) is 11.3 Å². The third-order valence-electron chi connectivity index (χ3n) is 10.1. The number of rotatable bonds is 45. The van der Waals surface area contributed by atoms with E-state index in [0.717, 1.165) is 63.2 Å². The lowest BCUT2D eigenvalue weighted by Gasteiger charge is -2.27. The van der Waals surface area contributed by atoms with Gasteiger partial charge in [-0.1, -0.05) is 30.3 Å². The molecule has 4 N–H and O–H groups in total. The molecule has 0 saturated carbocycles. The lowest BCUT2D eigenvalue weighted by atomic mass is 9.89. The summed E-state index contributed by atoms with van der Waals surface area (Å²) < 4.78 is 46.2. The molecule has 0 amide bonds. The van der Waals surface area contributed by atoms with E-state index in [2.05, 4.69) is 75.8 Å².